The number of hydrogen-bond donors (Lipinski definition) is 0. The molecule has 0 rings (SSSR count). The van der Waals surface area contributed by atoms with Crippen LogP contribution in [0, 0.1) is 0 Å². The van der Waals surface area contributed by atoms with Crippen molar-refractivity contribution < 1.29 is 0 Å². The van der Waals surface area contributed by atoms with Crippen LogP contribution in [0.25, 0.3) is 0 Å². The largest absolute Gasteiger partial charge is 0.358 e. The molecule has 0 aliphatic carbocycles. The van der Waals surface area contributed by atoms with Gasteiger partial charge in [-0.05, 0) is 0 Å². The summed E-state index contributed by atoms with van der Waals surface area (Å²) in [7, 11) is -7.21. The molecular formula is C9H27Cl9Si8. The lowest BCUT2D eigenvalue weighted by Crippen LogP contribution is -2.89. The molecule has 0 aromatic carbocycles. The van der Waals surface area contributed by atoms with Gasteiger partial charge in [0.15, 0.2) is 0 Å². The molecule has 0 bridgehead atoms. The van der Waals surface area contributed by atoms with Crippen molar-refractivity contribution in [2.24, 2.45) is 0 Å². The molecular weight excluding hydrogens is 652 g/mol. The van der Waals surface area contributed by atoms with Crippen molar-refractivity contribution in [3.63, 3.8) is 0 Å². The highest BCUT2D eigenvalue weighted by molar-refractivity contribution is 8.36. The summed E-state index contributed by atoms with van der Waals surface area (Å²) in [6.45, 7) is 21.6. The molecule has 26 heavy (non-hydrogen) atoms. The van der Waals surface area contributed by atoms with Crippen LogP contribution in [0.5, 0.6) is 0 Å². The van der Waals surface area contributed by atoms with Crippen LogP contribution < -0.4 is 0 Å². The maximum absolute atomic E-state index is 7.20. The van der Waals surface area contributed by atoms with E-state index < -0.39 is 51.6 Å². The first-order chi connectivity index (χ1) is 10.8. The van der Waals surface area contributed by atoms with Crippen LogP contribution in [0.15, 0.2) is 0 Å². The molecule has 0 saturated carbocycles. The summed E-state index contributed by atoms with van der Waals surface area (Å²) in [6, 6.07) is 0. The Balaban J connectivity index is 6.61. The van der Waals surface area contributed by atoms with Gasteiger partial charge in [-0.15, -0.1) is 77.6 Å². The Morgan fingerprint density at radius 2 is 0.654 bits per heavy atom. The van der Waals surface area contributed by atoms with Crippen molar-refractivity contribution in [3.8, 4) is 0 Å². The summed E-state index contributed by atoms with van der Waals surface area (Å²) in [4.78, 5) is 0. The van der Waals surface area contributed by atoms with E-state index in [2.05, 4.69) is 58.9 Å². The fourth-order valence-electron chi connectivity index (χ4n) is 2.88. The SMILES string of the molecule is C[Si](C)(C)[Si](C)(C)[Si](C)(C)[Si](C)(C)[Si](Cl)(Cl)[Si](Cl)(Cl)[Si](Cl)(Cl)[Si](Cl)(Cl)Cl. The van der Waals surface area contributed by atoms with E-state index in [0.29, 0.717) is 0 Å². The summed E-state index contributed by atoms with van der Waals surface area (Å²) < 4.78 is 0. The van der Waals surface area contributed by atoms with Crippen molar-refractivity contribution in [2.45, 2.75) is 58.9 Å². The molecule has 0 N–H and O–H groups in total. The third kappa shape index (κ3) is 4.67. The van der Waals surface area contributed by atoms with Gasteiger partial charge in [-0.25, -0.2) is 0 Å². The Labute approximate surface area is 207 Å². The van der Waals surface area contributed by atoms with Crippen molar-refractivity contribution >= 4 is 151 Å². The van der Waals surface area contributed by atoms with E-state index >= 15 is 0 Å². The average Bonchev–Trinajstić information content (AvgIpc) is 2.34. The van der Waals surface area contributed by atoms with E-state index in [9.17, 15) is 0 Å². The molecule has 158 valence electrons. The molecule has 0 unspecified atom stereocenters. The highest BCUT2D eigenvalue weighted by Crippen LogP contribution is 2.56. The highest BCUT2D eigenvalue weighted by atomic mass is 35.9. The van der Waals surface area contributed by atoms with Gasteiger partial charge in [0.25, 0.3) is 11.5 Å². The molecule has 0 aliphatic heterocycles. The molecule has 0 atom stereocenters. The second kappa shape index (κ2) is 8.60. The summed E-state index contributed by atoms with van der Waals surface area (Å²) in [6.07, 6.45) is 0. The van der Waals surface area contributed by atoms with Gasteiger partial charge in [-0.3, -0.25) is 0 Å². The Kier molecular flexibility index (Phi) is 10.0. The van der Waals surface area contributed by atoms with E-state index in [4.69, 9.17) is 99.7 Å². The van der Waals surface area contributed by atoms with Gasteiger partial charge < -0.3 is 0 Å². The van der Waals surface area contributed by atoms with E-state index in [1.54, 1.807) is 0 Å². The van der Waals surface area contributed by atoms with Gasteiger partial charge in [0.05, 0.1) is 7.11 Å². The fraction of sp³-hybridized carbons (Fsp3) is 1.00. The van der Waals surface area contributed by atoms with Crippen LogP contribution >= 0.6 is 99.7 Å². The van der Waals surface area contributed by atoms with Gasteiger partial charge >= 0.3 is 11.2 Å². The third-order valence-electron chi connectivity index (χ3n) is 6.93. The summed E-state index contributed by atoms with van der Waals surface area (Å²) in [5.41, 5.74) is -14.0. The van der Waals surface area contributed by atoms with E-state index in [0.717, 1.165) is 0 Å². The van der Waals surface area contributed by atoms with Crippen LogP contribution in [-0.2, 0) is 0 Å². The minimum absolute atomic E-state index is 1.41. The normalized spacial score (nSPS) is 16.8. The molecule has 0 aromatic rings. The third-order valence-corrected chi connectivity index (χ3v) is 201. The smallest absolute Gasteiger partial charge is 0.151 e. The zero-order valence-corrected chi connectivity index (χ0v) is 31.2. The maximum atomic E-state index is 7.20. The zero-order chi connectivity index (χ0) is 22.0. The minimum atomic E-state index is -3.63. The second-order valence-corrected chi connectivity index (χ2v) is 113. The first kappa shape index (κ1) is 30.3. The molecule has 0 heterocycles. The van der Waals surface area contributed by atoms with Crippen molar-refractivity contribution in [1.82, 2.24) is 0 Å². The monoisotopic (exact) mass is 674 g/mol. The second-order valence-electron chi connectivity index (χ2n) is 9.35. The Morgan fingerprint density at radius 1 is 0.346 bits per heavy atom. The van der Waals surface area contributed by atoms with Gasteiger partial charge in [0.2, 0.25) is 0 Å². The van der Waals surface area contributed by atoms with Gasteiger partial charge in [-0.2, -0.15) is 22.2 Å². The van der Waals surface area contributed by atoms with Crippen LogP contribution in [0.3, 0.4) is 0 Å². The number of halogens is 9. The number of hydrogen-bond acceptors (Lipinski definition) is 0. The van der Waals surface area contributed by atoms with Crippen LogP contribution in [0.2, 0.25) is 58.9 Å². The average molecular weight is 679 g/mol. The molecule has 0 nitrogen and oxygen atoms in total. The Bertz CT molecular complexity index is 486. The lowest BCUT2D eigenvalue weighted by atomic mass is 11.8. The molecule has 17 heteroatoms. The van der Waals surface area contributed by atoms with Crippen LogP contribution in [-0.4, -0.2) is 51.6 Å². The van der Waals surface area contributed by atoms with E-state index in [1.807, 2.05) is 0 Å². The Hall–Kier alpha value is 4.35. The molecule has 0 amide bonds. The summed E-state index contributed by atoms with van der Waals surface area (Å²) in [5, 5.41) is 0. The van der Waals surface area contributed by atoms with E-state index in [1.165, 1.54) is 0 Å². The Morgan fingerprint density at radius 3 is 0.885 bits per heavy atom. The standard InChI is InChI=1S/C9H27Cl9Si8/c1-19(2,3)20(4,5)21(6,7)22(8,9)24(13,14)26(17,18)25(15,16)23(10,11)12/h1-9H3. The molecule has 0 saturated heterocycles. The van der Waals surface area contributed by atoms with Crippen LogP contribution in [0.4, 0.5) is 0 Å². The maximum Gasteiger partial charge on any atom is 0.358 e. The van der Waals surface area contributed by atoms with Gasteiger partial charge in [0, 0.05) is 21.8 Å². The minimum Gasteiger partial charge on any atom is -0.151 e. The van der Waals surface area contributed by atoms with E-state index in [-0.39, 0.29) is 0 Å². The molecule has 0 spiro atoms. The van der Waals surface area contributed by atoms with Gasteiger partial charge in [-0.1, -0.05) is 58.9 Å². The molecule has 0 aliphatic rings. The predicted molar refractivity (Wildman–Crippen MR) is 151 cm³/mol. The molecule has 0 fully saturated rings. The first-order valence-electron chi connectivity index (χ1n) is 7.95. The predicted octanol–water partition coefficient (Wildman–Crippen LogP) is 8.41. The quantitative estimate of drug-likeness (QED) is 0.187. The fourth-order valence-corrected chi connectivity index (χ4v) is 257. The first-order valence-corrected chi connectivity index (χ1v) is 44.6. The summed E-state index contributed by atoms with van der Waals surface area (Å²) in [5.74, 6) is 0. The van der Waals surface area contributed by atoms with Crippen molar-refractivity contribution in [3.05, 3.63) is 0 Å². The van der Waals surface area contributed by atoms with Gasteiger partial charge in [0.1, 0.15) is 0 Å². The van der Waals surface area contributed by atoms with Crippen LogP contribution in [0.1, 0.15) is 0 Å². The van der Waals surface area contributed by atoms with Crippen molar-refractivity contribution in [2.75, 3.05) is 0 Å². The molecule has 0 aromatic heterocycles. The van der Waals surface area contributed by atoms with Crippen molar-refractivity contribution in [1.29, 1.82) is 0 Å². The lowest BCUT2D eigenvalue weighted by Gasteiger charge is -2.58. The lowest BCUT2D eigenvalue weighted by molar-refractivity contribution is 1.74. The summed E-state index contributed by atoms with van der Waals surface area (Å²) >= 11 is 60.2. The highest BCUT2D eigenvalue weighted by Gasteiger charge is 2.81. The zero-order valence-electron chi connectivity index (χ0n) is 16.4. The molecule has 0 radical (unpaired) electrons. The topological polar surface area (TPSA) is 0 Å². The number of rotatable bonds is 7.